The van der Waals surface area contributed by atoms with Crippen molar-refractivity contribution in [2.75, 3.05) is 0 Å². The fraction of sp³-hybridized carbons (Fsp3) is 0.467. The average molecular weight is 341 g/mol. The lowest BCUT2D eigenvalue weighted by atomic mass is 10.2. The summed E-state index contributed by atoms with van der Waals surface area (Å²) in [5.41, 5.74) is 2.08. The fourth-order valence-electron chi connectivity index (χ4n) is 1.66. The van der Waals surface area contributed by atoms with E-state index in [0.29, 0.717) is 6.61 Å². The van der Waals surface area contributed by atoms with Crippen LogP contribution in [0.5, 0.6) is 0 Å². The van der Waals surface area contributed by atoms with Gasteiger partial charge in [0.2, 0.25) is 0 Å². The molecule has 0 saturated carbocycles. The molecule has 0 amide bonds. The van der Waals surface area contributed by atoms with Gasteiger partial charge in [-0.2, -0.15) is 0 Å². The molecule has 0 bridgehead atoms. The first-order chi connectivity index (χ1) is 8.71. The Bertz CT molecular complexity index is 581. The van der Waals surface area contributed by atoms with Crippen LogP contribution in [0.4, 0.5) is 0 Å². The Labute approximate surface area is 124 Å². The molecular weight excluding hydrogens is 320 g/mol. The summed E-state index contributed by atoms with van der Waals surface area (Å²) < 4.78 is 12.7. The van der Waals surface area contributed by atoms with Crippen molar-refractivity contribution in [3.63, 3.8) is 0 Å². The third-order valence-electron chi connectivity index (χ3n) is 3.97. The van der Waals surface area contributed by atoms with Gasteiger partial charge in [0.25, 0.3) is 0 Å². The van der Waals surface area contributed by atoms with Gasteiger partial charge in [-0.25, -0.2) is 0 Å². The molecule has 104 valence electrons. The summed E-state index contributed by atoms with van der Waals surface area (Å²) >= 11 is 3.55. The van der Waals surface area contributed by atoms with E-state index in [1.165, 1.54) is 5.56 Å². The summed E-state index contributed by atoms with van der Waals surface area (Å²) in [6.45, 7) is 12.0. The Morgan fingerprint density at radius 1 is 1.26 bits per heavy atom. The predicted molar refractivity (Wildman–Crippen MR) is 85.9 cm³/mol. The molecule has 0 N–H and O–H groups in total. The van der Waals surface area contributed by atoms with Crippen molar-refractivity contribution in [3.05, 3.63) is 34.5 Å². The minimum Gasteiger partial charge on any atom is -0.463 e. The zero-order valence-corrected chi connectivity index (χ0v) is 14.8. The molecule has 1 aromatic heterocycles. The second-order valence-electron chi connectivity index (χ2n) is 6.47. The summed E-state index contributed by atoms with van der Waals surface area (Å²) in [6.07, 6.45) is 1.72. The molecule has 4 heteroatoms. The minimum absolute atomic E-state index is 0.240. The first-order valence-corrected chi connectivity index (χ1v) is 10.2. The molecule has 0 saturated heterocycles. The van der Waals surface area contributed by atoms with E-state index in [4.69, 9.17) is 8.84 Å². The smallest absolute Gasteiger partial charge is 0.192 e. The van der Waals surface area contributed by atoms with E-state index < -0.39 is 8.32 Å². The maximum absolute atomic E-state index is 6.25. The van der Waals surface area contributed by atoms with Gasteiger partial charge in [-0.15, -0.1) is 0 Å². The van der Waals surface area contributed by atoms with Crippen molar-refractivity contribution < 1.29 is 8.84 Å². The lowest BCUT2D eigenvalue weighted by Crippen LogP contribution is -2.40. The Morgan fingerprint density at radius 2 is 1.95 bits per heavy atom. The van der Waals surface area contributed by atoms with E-state index in [2.05, 4.69) is 61.9 Å². The second kappa shape index (κ2) is 5.07. The lowest BCUT2D eigenvalue weighted by Gasteiger charge is -2.36. The summed E-state index contributed by atoms with van der Waals surface area (Å²) in [5.74, 6) is 0. The van der Waals surface area contributed by atoms with E-state index in [9.17, 15) is 0 Å². The number of furan rings is 1. The normalized spacial score (nSPS) is 13.2. The summed E-state index contributed by atoms with van der Waals surface area (Å²) in [4.78, 5) is 0. The monoisotopic (exact) mass is 340 g/mol. The molecule has 2 rings (SSSR count). The highest BCUT2D eigenvalue weighted by atomic mass is 79.9. The summed E-state index contributed by atoms with van der Waals surface area (Å²) in [6, 6.07) is 6.20. The van der Waals surface area contributed by atoms with Crippen molar-refractivity contribution >= 4 is 35.2 Å². The van der Waals surface area contributed by atoms with Gasteiger partial charge in [0.15, 0.2) is 8.32 Å². The SMILES string of the molecule is CC(C)(C)[Si](C)(C)OCc1cc(Br)c2occc2c1. The molecule has 0 atom stereocenters. The standard InChI is InChI=1S/C15H21BrO2Si/c1-15(2,3)19(4,5)18-10-11-8-12-6-7-17-14(12)13(16)9-11/h6-9H,10H2,1-5H3. The molecule has 1 heterocycles. The van der Waals surface area contributed by atoms with Crippen LogP contribution in [0.2, 0.25) is 18.1 Å². The maximum Gasteiger partial charge on any atom is 0.192 e. The van der Waals surface area contributed by atoms with Crippen LogP contribution in [0.3, 0.4) is 0 Å². The predicted octanol–water partition coefficient (Wildman–Crippen LogP) is 5.72. The molecule has 2 nitrogen and oxygen atoms in total. The molecule has 2 aromatic rings. The largest absolute Gasteiger partial charge is 0.463 e. The van der Waals surface area contributed by atoms with Crippen LogP contribution in [0, 0.1) is 0 Å². The Hall–Kier alpha value is -0.583. The number of rotatable bonds is 3. The Balaban J connectivity index is 2.18. The number of halogens is 1. The maximum atomic E-state index is 6.25. The van der Waals surface area contributed by atoms with Gasteiger partial charge in [-0.05, 0) is 57.8 Å². The zero-order chi connectivity index (χ0) is 14.3. The third-order valence-corrected chi connectivity index (χ3v) is 9.04. The molecule has 0 aliphatic carbocycles. The van der Waals surface area contributed by atoms with Crippen molar-refractivity contribution in [2.45, 2.75) is 45.5 Å². The third kappa shape index (κ3) is 3.12. The minimum atomic E-state index is -1.70. The number of hydrogen-bond donors (Lipinski definition) is 0. The first kappa shape index (κ1) is 14.8. The van der Waals surface area contributed by atoms with Gasteiger partial charge in [-0.1, -0.05) is 20.8 Å². The lowest BCUT2D eigenvalue weighted by molar-refractivity contribution is 0.276. The van der Waals surface area contributed by atoms with Crippen molar-refractivity contribution in [1.82, 2.24) is 0 Å². The highest BCUT2D eigenvalue weighted by molar-refractivity contribution is 9.10. The molecule has 0 aliphatic heterocycles. The van der Waals surface area contributed by atoms with Gasteiger partial charge >= 0.3 is 0 Å². The van der Waals surface area contributed by atoms with Crippen LogP contribution in [0.25, 0.3) is 11.0 Å². The van der Waals surface area contributed by atoms with E-state index in [1.807, 2.05) is 6.07 Å². The van der Waals surface area contributed by atoms with E-state index in [0.717, 1.165) is 15.4 Å². The van der Waals surface area contributed by atoms with Crippen molar-refractivity contribution in [2.24, 2.45) is 0 Å². The first-order valence-electron chi connectivity index (χ1n) is 6.50. The van der Waals surface area contributed by atoms with E-state index in [-0.39, 0.29) is 5.04 Å². The van der Waals surface area contributed by atoms with Gasteiger partial charge in [0.05, 0.1) is 17.3 Å². The Kier molecular flexibility index (Phi) is 3.96. The quantitative estimate of drug-likeness (QED) is 0.667. The molecule has 1 aromatic carbocycles. The molecule has 0 aliphatic rings. The van der Waals surface area contributed by atoms with Crippen molar-refractivity contribution in [3.8, 4) is 0 Å². The number of benzene rings is 1. The highest BCUT2D eigenvalue weighted by Gasteiger charge is 2.37. The van der Waals surface area contributed by atoms with Crippen LogP contribution in [0.1, 0.15) is 26.3 Å². The van der Waals surface area contributed by atoms with Gasteiger partial charge in [0.1, 0.15) is 5.58 Å². The molecular formula is C15H21BrO2Si. The summed E-state index contributed by atoms with van der Waals surface area (Å²) in [5, 5.41) is 1.35. The molecule has 0 fully saturated rings. The fourth-order valence-corrected chi connectivity index (χ4v) is 3.24. The van der Waals surface area contributed by atoms with Gasteiger partial charge in [0, 0.05) is 5.39 Å². The number of fused-ring (bicyclic) bond motifs is 1. The van der Waals surface area contributed by atoms with Gasteiger partial charge < -0.3 is 8.84 Å². The topological polar surface area (TPSA) is 22.4 Å². The summed E-state index contributed by atoms with van der Waals surface area (Å²) in [7, 11) is -1.70. The van der Waals surface area contributed by atoms with Crippen molar-refractivity contribution in [1.29, 1.82) is 0 Å². The zero-order valence-electron chi connectivity index (χ0n) is 12.2. The Morgan fingerprint density at radius 3 is 2.58 bits per heavy atom. The van der Waals surface area contributed by atoms with Crippen LogP contribution < -0.4 is 0 Å². The molecule has 0 radical (unpaired) electrons. The van der Waals surface area contributed by atoms with Crippen LogP contribution >= 0.6 is 15.9 Å². The average Bonchev–Trinajstić information content (AvgIpc) is 2.73. The van der Waals surface area contributed by atoms with Crippen LogP contribution in [-0.2, 0) is 11.0 Å². The van der Waals surface area contributed by atoms with Crippen LogP contribution in [0.15, 0.2) is 33.4 Å². The highest BCUT2D eigenvalue weighted by Crippen LogP contribution is 2.37. The molecule has 0 spiro atoms. The van der Waals surface area contributed by atoms with Gasteiger partial charge in [-0.3, -0.25) is 0 Å². The molecule has 0 unspecified atom stereocenters. The van der Waals surface area contributed by atoms with E-state index >= 15 is 0 Å². The number of hydrogen-bond acceptors (Lipinski definition) is 2. The molecule has 19 heavy (non-hydrogen) atoms. The van der Waals surface area contributed by atoms with Crippen LogP contribution in [-0.4, -0.2) is 8.32 Å². The second-order valence-corrected chi connectivity index (χ2v) is 12.1. The van der Waals surface area contributed by atoms with E-state index in [1.54, 1.807) is 6.26 Å².